The summed E-state index contributed by atoms with van der Waals surface area (Å²) >= 11 is 0. The molecule has 3 rings (SSSR count). The molecule has 2 atom stereocenters. The lowest BCUT2D eigenvalue weighted by molar-refractivity contribution is -0.127. The molecule has 0 spiro atoms. The molecule has 3 nitrogen and oxygen atoms in total. The number of fused-ring (bicyclic) bond motifs is 1. The monoisotopic (exact) mass is 231 g/mol. The minimum Gasteiger partial charge on any atom is -0.368 e. The fraction of sp³-hybridized carbons (Fsp3) is 0.500. The third kappa shape index (κ3) is 1.75. The van der Waals surface area contributed by atoms with Crippen molar-refractivity contribution in [2.75, 3.05) is 11.5 Å². The van der Waals surface area contributed by atoms with Crippen LogP contribution in [-0.2, 0) is 16.0 Å². The van der Waals surface area contributed by atoms with Crippen molar-refractivity contribution in [1.82, 2.24) is 0 Å². The molecule has 3 heteroatoms. The van der Waals surface area contributed by atoms with Crippen molar-refractivity contribution in [1.29, 1.82) is 0 Å². The molecule has 90 valence electrons. The summed E-state index contributed by atoms with van der Waals surface area (Å²) in [7, 11) is 0. The molecule has 2 heterocycles. The van der Waals surface area contributed by atoms with Crippen LogP contribution < -0.4 is 4.90 Å². The highest BCUT2D eigenvalue weighted by atomic mass is 16.5. The van der Waals surface area contributed by atoms with Gasteiger partial charge in [-0.3, -0.25) is 4.79 Å². The summed E-state index contributed by atoms with van der Waals surface area (Å²) in [6, 6.07) is 8.42. The van der Waals surface area contributed by atoms with Crippen molar-refractivity contribution in [3.8, 4) is 0 Å². The van der Waals surface area contributed by atoms with E-state index in [2.05, 4.69) is 13.0 Å². The zero-order valence-electron chi connectivity index (χ0n) is 10.1. The molecule has 17 heavy (non-hydrogen) atoms. The number of carbonyl (C=O) groups is 1. The minimum atomic E-state index is -0.219. The van der Waals surface area contributed by atoms with E-state index >= 15 is 0 Å². The molecular formula is C14H17NO2. The van der Waals surface area contributed by atoms with Gasteiger partial charge in [0.25, 0.3) is 5.91 Å². The van der Waals surface area contributed by atoms with Crippen molar-refractivity contribution < 1.29 is 9.53 Å². The van der Waals surface area contributed by atoms with E-state index in [-0.39, 0.29) is 18.1 Å². The fourth-order valence-corrected chi connectivity index (χ4v) is 2.83. The van der Waals surface area contributed by atoms with Crippen molar-refractivity contribution in [2.24, 2.45) is 0 Å². The quantitative estimate of drug-likeness (QED) is 0.741. The van der Waals surface area contributed by atoms with Crippen LogP contribution in [0, 0.1) is 0 Å². The van der Waals surface area contributed by atoms with Crippen LogP contribution in [0.15, 0.2) is 24.3 Å². The molecule has 0 unspecified atom stereocenters. The Labute approximate surface area is 101 Å². The first-order chi connectivity index (χ1) is 8.27. The first kappa shape index (κ1) is 10.8. The number of benzene rings is 1. The second kappa shape index (κ2) is 4.15. The first-order valence-corrected chi connectivity index (χ1v) is 6.30. The van der Waals surface area contributed by atoms with Gasteiger partial charge < -0.3 is 9.64 Å². The third-order valence-electron chi connectivity index (χ3n) is 3.65. The maximum atomic E-state index is 12.4. The van der Waals surface area contributed by atoms with Gasteiger partial charge >= 0.3 is 0 Å². The maximum Gasteiger partial charge on any atom is 0.256 e. The van der Waals surface area contributed by atoms with Gasteiger partial charge in [-0.25, -0.2) is 0 Å². The number of nitrogens with zero attached hydrogens (tertiary/aromatic N) is 1. The molecule has 1 fully saturated rings. The Morgan fingerprint density at radius 1 is 1.41 bits per heavy atom. The molecule has 0 saturated carbocycles. The first-order valence-electron chi connectivity index (χ1n) is 6.30. The lowest BCUT2D eigenvalue weighted by atomic mass is 10.1. The molecule has 1 aromatic rings. The summed E-state index contributed by atoms with van der Waals surface area (Å²) in [4.78, 5) is 14.3. The minimum absolute atomic E-state index is 0.139. The molecule has 2 aliphatic rings. The Morgan fingerprint density at radius 2 is 2.24 bits per heavy atom. The second-order valence-corrected chi connectivity index (χ2v) is 4.89. The van der Waals surface area contributed by atoms with Crippen LogP contribution in [0.5, 0.6) is 0 Å². The molecule has 1 saturated heterocycles. The lowest BCUT2D eigenvalue weighted by Crippen LogP contribution is -2.42. The Bertz CT molecular complexity index is 438. The van der Waals surface area contributed by atoms with Gasteiger partial charge in [-0.15, -0.1) is 0 Å². The highest BCUT2D eigenvalue weighted by Crippen LogP contribution is 2.33. The Morgan fingerprint density at radius 3 is 3.00 bits per heavy atom. The van der Waals surface area contributed by atoms with E-state index in [0.29, 0.717) is 0 Å². The summed E-state index contributed by atoms with van der Waals surface area (Å²) in [6.45, 7) is 2.83. The van der Waals surface area contributed by atoms with Crippen LogP contribution in [0.4, 0.5) is 5.69 Å². The van der Waals surface area contributed by atoms with Crippen LogP contribution in [-0.4, -0.2) is 24.7 Å². The second-order valence-electron chi connectivity index (χ2n) is 4.89. The number of ether oxygens (including phenoxy) is 1. The molecule has 0 radical (unpaired) electrons. The number of para-hydroxylation sites is 1. The molecule has 0 N–H and O–H groups in total. The fourth-order valence-electron chi connectivity index (χ4n) is 2.83. The highest BCUT2D eigenvalue weighted by molar-refractivity contribution is 5.99. The van der Waals surface area contributed by atoms with Gasteiger partial charge in [-0.1, -0.05) is 18.2 Å². The maximum absolute atomic E-state index is 12.4. The van der Waals surface area contributed by atoms with E-state index < -0.39 is 0 Å². The Balaban J connectivity index is 1.89. The lowest BCUT2D eigenvalue weighted by Gasteiger charge is -2.25. The van der Waals surface area contributed by atoms with Crippen molar-refractivity contribution in [3.63, 3.8) is 0 Å². The Hall–Kier alpha value is -1.35. The molecule has 2 aliphatic heterocycles. The average Bonchev–Trinajstić information content (AvgIpc) is 2.94. The van der Waals surface area contributed by atoms with Gasteiger partial charge in [0, 0.05) is 18.3 Å². The molecular weight excluding hydrogens is 214 g/mol. The van der Waals surface area contributed by atoms with E-state index in [4.69, 9.17) is 4.74 Å². The average molecular weight is 231 g/mol. The van der Waals surface area contributed by atoms with Crippen LogP contribution in [0.1, 0.15) is 25.3 Å². The zero-order valence-corrected chi connectivity index (χ0v) is 10.1. The molecule has 0 bridgehead atoms. The summed E-state index contributed by atoms with van der Waals surface area (Å²) < 4.78 is 5.50. The topological polar surface area (TPSA) is 29.5 Å². The van der Waals surface area contributed by atoms with Gasteiger partial charge in [0.1, 0.15) is 6.10 Å². The van der Waals surface area contributed by atoms with Crippen LogP contribution in [0.3, 0.4) is 0 Å². The van der Waals surface area contributed by atoms with Gasteiger partial charge in [0.2, 0.25) is 0 Å². The normalized spacial score (nSPS) is 27.2. The van der Waals surface area contributed by atoms with E-state index in [0.717, 1.165) is 31.6 Å². The Kier molecular flexibility index (Phi) is 2.63. The van der Waals surface area contributed by atoms with Gasteiger partial charge in [0.15, 0.2) is 0 Å². The number of rotatable bonds is 1. The smallest absolute Gasteiger partial charge is 0.256 e. The summed E-state index contributed by atoms with van der Waals surface area (Å²) in [5.41, 5.74) is 2.34. The number of hydrogen-bond donors (Lipinski definition) is 0. The largest absolute Gasteiger partial charge is 0.368 e. The van der Waals surface area contributed by atoms with Crippen LogP contribution in [0.2, 0.25) is 0 Å². The van der Waals surface area contributed by atoms with Gasteiger partial charge in [-0.05, 0) is 37.8 Å². The zero-order chi connectivity index (χ0) is 11.8. The standard InChI is InChI=1S/C14H17NO2/c1-10-9-11-5-2-3-6-12(11)15(10)14(16)13-7-4-8-17-13/h2-3,5-6,10,13H,4,7-9H2,1H3/t10-,13-/m0/s1. The van der Waals surface area contributed by atoms with E-state index in [1.807, 2.05) is 23.1 Å². The van der Waals surface area contributed by atoms with Crippen molar-refractivity contribution in [2.45, 2.75) is 38.3 Å². The summed E-state index contributed by atoms with van der Waals surface area (Å²) in [6.07, 6.45) is 2.60. The summed E-state index contributed by atoms with van der Waals surface area (Å²) in [5.74, 6) is 0.139. The third-order valence-corrected chi connectivity index (χ3v) is 3.65. The van der Waals surface area contributed by atoms with Gasteiger partial charge in [-0.2, -0.15) is 0 Å². The molecule has 0 aromatic heterocycles. The molecule has 1 aromatic carbocycles. The summed E-state index contributed by atoms with van der Waals surface area (Å²) in [5, 5.41) is 0. The molecule has 1 amide bonds. The van der Waals surface area contributed by atoms with Crippen molar-refractivity contribution in [3.05, 3.63) is 29.8 Å². The molecule has 0 aliphatic carbocycles. The predicted octanol–water partition coefficient (Wildman–Crippen LogP) is 2.14. The van der Waals surface area contributed by atoms with E-state index in [1.165, 1.54) is 5.56 Å². The van der Waals surface area contributed by atoms with E-state index in [1.54, 1.807) is 0 Å². The number of anilines is 1. The number of carbonyl (C=O) groups excluding carboxylic acids is 1. The van der Waals surface area contributed by atoms with Crippen LogP contribution in [0.25, 0.3) is 0 Å². The van der Waals surface area contributed by atoms with Crippen LogP contribution >= 0.6 is 0 Å². The number of hydrogen-bond acceptors (Lipinski definition) is 2. The highest BCUT2D eigenvalue weighted by Gasteiger charge is 2.36. The van der Waals surface area contributed by atoms with E-state index in [9.17, 15) is 4.79 Å². The SMILES string of the molecule is C[C@H]1Cc2ccccc2N1C(=O)[C@@H]1CCCO1. The van der Waals surface area contributed by atoms with Gasteiger partial charge in [0.05, 0.1) is 0 Å². The van der Waals surface area contributed by atoms with Crippen molar-refractivity contribution >= 4 is 11.6 Å². The predicted molar refractivity (Wildman–Crippen MR) is 66.1 cm³/mol. The number of amides is 1.